The van der Waals surface area contributed by atoms with E-state index in [9.17, 15) is 29.3 Å². The Morgan fingerprint density at radius 2 is 1.62 bits per heavy atom. The van der Waals surface area contributed by atoms with Gasteiger partial charge in [-0.25, -0.2) is 0 Å². The van der Waals surface area contributed by atoms with Gasteiger partial charge in [0.1, 0.15) is 6.54 Å². The normalized spacial score (nSPS) is 14.2. The molecule has 0 saturated carbocycles. The van der Waals surface area contributed by atoms with Crippen molar-refractivity contribution in [1.82, 2.24) is 9.80 Å². The van der Waals surface area contributed by atoms with Crippen LogP contribution in [0.25, 0.3) is 0 Å². The molecule has 3 amide bonds. The van der Waals surface area contributed by atoms with Crippen molar-refractivity contribution < 1.29 is 28.8 Å². The molecule has 156 valence electrons. The lowest BCUT2D eigenvalue weighted by Crippen LogP contribution is -2.48. The summed E-state index contributed by atoms with van der Waals surface area (Å²) in [7, 11) is 0. The van der Waals surface area contributed by atoms with E-state index < -0.39 is 35.4 Å². The van der Waals surface area contributed by atoms with Crippen LogP contribution in [0.2, 0.25) is 0 Å². The third-order valence-electron chi connectivity index (χ3n) is 4.48. The Labute approximate surface area is 167 Å². The van der Waals surface area contributed by atoms with E-state index in [1.807, 2.05) is 27.7 Å². The Hall–Kier alpha value is -3.30. The second-order valence-electron chi connectivity index (χ2n) is 7.25. The number of carbonyl (C=O) groups excluding carboxylic acids is 4. The van der Waals surface area contributed by atoms with E-state index in [0.29, 0.717) is 4.90 Å². The average molecular weight is 405 g/mol. The van der Waals surface area contributed by atoms with Crippen molar-refractivity contribution in [2.75, 3.05) is 6.54 Å². The number of non-ortho nitro benzene ring substituents is 1. The van der Waals surface area contributed by atoms with Crippen LogP contribution < -0.4 is 0 Å². The van der Waals surface area contributed by atoms with Crippen molar-refractivity contribution >= 4 is 29.4 Å². The Morgan fingerprint density at radius 3 is 2.14 bits per heavy atom. The molecule has 0 N–H and O–H groups in total. The van der Waals surface area contributed by atoms with Crippen LogP contribution in [-0.2, 0) is 14.3 Å². The molecule has 1 atom stereocenters. The molecule has 10 heteroatoms. The zero-order valence-electron chi connectivity index (χ0n) is 16.9. The molecule has 29 heavy (non-hydrogen) atoms. The van der Waals surface area contributed by atoms with Gasteiger partial charge in [-0.15, -0.1) is 0 Å². The van der Waals surface area contributed by atoms with Crippen molar-refractivity contribution in [3.8, 4) is 0 Å². The summed E-state index contributed by atoms with van der Waals surface area (Å²) in [6.07, 6.45) is -1.09. The van der Waals surface area contributed by atoms with E-state index in [2.05, 4.69) is 0 Å². The van der Waals surface area contributed by atoms with E-state index in [4.69, 9.17) is 4.74 Å². The third-order valence-corrected chi connectivity index (χ3v) is 4.48. The molecule has 0 aromatic heterocycles. The monoisotopic (exact) mass is 405 g/mol. The first-order chi connectivity index (χ1) is 13.5. The van der Waals surface area contributed by atoms with Crippen LogP contribution in [0.5, 0.6) is 0 Å². The summed E-state index contributed by atoms with van der Waals surface area (Å²) in [5.74, 6) is -2.89. The highest BCUT2D eigenvalue weighted by Crippen LogP contribution is 2.26. The number of esters is 1. The van der Waals surface area contributed by atoms with Crippen LogP contribution in [-0.4, -0.2) is 63.1 Å². The average Bonchev–Trinajstić information content (AvgIpc) is 2.85. The van der Waals surface area contributed by atoms with E-state index >= 15 is 0 Å². The molecule has 1 aliphatic rings. The third kappa shape index (κ3) is 4.41. The highest BCUT2D eigenvalue weighted by molar-refractivity contribution is 6.22. The van der Waals surface area contributed by atoms with Crippen LogP contribution in [0.15, 0.2) is 18.2 Å². The van der Waals surface area contributed by atoms with Crippen LogP contribution in [0, 0.1) is 10.1 Å². The zero-order chi connectivity index (χ0) is 22.0. The summed E-state index contributed by atoms with van der Waals surface area (Å²) < 4.78 is 5.13. The SMILES string of the molecule is CC(C)N(C(=O)[C@@H](C)OC(=O)CN1C(=O)c2ccc([N+](=O)[O-])cc2C1=O)C(C)C. The predicted molar refractivity (Wildman–Crippen MR) is 101 cm³/mol. The minimum Gasteiger partial charge on any atom is -0.451 e. The quantitative estimate of drug-likeness (QED) is 0.293. The lowest BCUT2D eigenvalue weighted by molar-refractivity contribution is -0.384. The molecular formula is C19H23N3O7. The number of nitro benzene ring substituents is 1. The molecule has 0 saturated heterocycles. The van der Waals surface area contributed by atoms with Gasteiger partial charge in [0.2, 0.25) is 0 Å². The molecule has 0 fully saturated rings. The summed E-state index contributed by atoms with van der Waals surface area (Å²) in [5.41, 5.74) is -0.508. The maximum atomic E-state index is 12.5. The van der Waals surface area contributed by atoms with Gasteiger partial charge < -0.3 is 9.64 Å². The molecule has 1 heterocycles. The van der Waals surface area contributed by atoms with Gasteiger partial charge in [0, 0.05) is 24.2 Å². The summed E-state index contributed by atoms with van der Waals surface area (Å²) in [6, 6.07) is 3.08. The van der Waals surface area contributed by atoms with E-state index in [1.54, 1.807) is 4.90 Å². The molecular weight excluding hydrogens is 382 g/mol. The van der Waals surface area contributed by atoms with Crippen LogP contribution >= 0.6 is 0 Å². The fourth-order valence-corrected chi connectivity index (χ4v) is 3.26. The van der Waals surface area contributed by atoms with Gasteiger partial charge in [-0.3, -0.25) is 34.2 Å². The summed E-state index contributed by atoms with van der Waals surface area (Å²) >= 11 is 0. The second kappa shape index (κ2) is 8.38. The molecule has 1 aromatic carbocycles. The number of hydrogen-bond donors (Lipinski definition) is 0. The van der Waals surface area contributed by atoms with Crippen LogP contribution in [0.1, 0.15) is 55.3 Å². The summed E-state index contributed by atoms with van der Waals surface area (Å²) in [4.78, 5) is 62.0. The molecule has 1 aliphatic heterocycles. The molecule has 0 radical (unpaired) electrons. The van der Waals surface area contributed by atoms with E-state index in [1.165, 1.54) is 13.0 Å². The molecule has 0 unspecified atom stereocenters. The number of benzene rings is 1. The number of fused-ring (bicyclic) bond motifs is 1. The molecule has 0 aliphatic carbocycles. The van der Waals surface area contributed by atoms with E-state index in [-0.39, 0.29) is 34.8 Å². The zero-order valence-corrected chi connectivity index (χ0v) is 16.9. The molecule has 0 spiro atoms. The Balaban J connectivity index is 2.09. The summed E-state index contributed by atoms with van der Waals surface area (Å²) in [5, 5.41) is 10.9. The predicted octanol–water partition coefficient (Wildman–Crippen LogP) is 1.77. The van der Waals surface area contributed by atoms with Crippen molar-refractivity contribution in [2.24, 2.45) is 0 Å². The Morgan fingerprint density at radius 1 is 1.07 bits per heavy atom. The smallest absolute Gasteiger partial charge is 0.326 e. The van der Waals surface area contributed by atoms with Crippen molar-refractivity contribution in [3.05, 3.63) is 39.4 Å². The number of rotatable bonds is 7. The van der Waals surface area contributed by atoms with Gasteiger partial charge in [-0.05, 0) is 40.7 Å². The highest BCUT2D eigenvalue weighted by atomic mass is 16.6. The summed E-state index contributed by atoms with van der Waals surface area (Å²) in [6.45, 7) is 8.08. The maximum absolute atomic E-state index is 12.5. The fourth-order valence-electron chi connectivity index (χ4n) is 3.26. The van der Waals surface area contributed by atoms with Gasteiger partial charge in [-0.2, -0.15) is 0 Å². The fraction of sp³-hybridized carbons (Fsp3) is 0.474. The Bertz CT molecular complexity index is 871. The number of nitro groups is 1. The lowest BCUT2D eigenvalue weighted by Gasteiger charge is -2.32. The molecule has 0 bridgehead atoms. The highest BCUT2D eigenvalue weighted by Gasteiger charge is 2.39. The largest absolute Gasteiger partial charge is 0.451 e. The van der Waals surface area contributed by atoms with Gasteiger partial charge >= 0.3 is 5.97 Å². The topological polar surface area (TPSA) is 127 Å². The maximum Gasteiger partial charge on any atom is 0.326 e. The van der Waals surface area contributed by atoms with Crippen LogP contribution in [0.3, 0.4) is 0 Å². The number of ether oxygens (including phenoxy) is 1. The minimum absolute atomic E-state index is 0.0247. The molecule has 2 rings (SSSR count). The first-order valence-electron chi connectivity index (χ1n) is 9.12. The number of carbonyl (C=O) groups is 4. The van der Waals surface area contributed by atoms with Crippen molar-refractivity contribution in [2.45, 2.75) is 52.8 Å². The van der Waals surface area contributed by atoms with E-state index in [0.717, 1.165) is 12.1 Å². The van der Waals surface area contributed by atoms with Gasteiger partial charge in [0.25, 0.3) is 23.4 Å². The van der Waals surface area contributed by atoms with Gasteiger partial charge in [-0.1, -0.05) is 0 Å². The Kier molecular flexibility index (Phi) is 6.35. The first kappa shape index (κ1) is 22.0. The minimum atomic E-state index is -1.09. The first-order valence-corrected chi connectivity index (χ1v) is 9.12. The van der Waals surface area contributed by atoms with Crippen molar-refractivity contribution in [1.29, 1.82) is 0 Å². The number of hydrogen-bond acceptors (Lipinski definition) is 7. The van der Waals surface area contributed by atoms with Gasteiger partial charge in [0.05, 0.1) is 16.1 Å². The lowest BCUT2D eigenvalue weighted by atomic mass is 10.1. The number of imide groups is 1. The molecule has 1 aromatic rings. The number of nitrogens with zero attached hydrogens (tertiary/aromatic N) is 3. The van der Waals surface area contributed by atoms with Crippen molar-refractivity contribution in [3.63, 3.8) is 0 Å². The number of amides is 3. The van der Waals surface area contributed by atoms with Gasteiger partial charge in [0.15, 0.2) is 6.10 Å². The second-order valence-corrected chi connectivity index (χ2v) is 7.25. The molecule has 10 nitrogen and oxygen atoms in total. The van der Waals surface area contributed by atoms with Crippen LogP contribution in [0.4, 0.5) is 5.69 Å². The standard InChI is InChI=1S/C19H23N3O7/c1-10(2)21(11(3)4)17(24)12(5)29-16(23)9-20-18(25)14-7-6-13(22(27)28)8-15(14)19(20)26/h6-8,10-12H,9H2,1-5H3/t12-/m1/s1.